The summed E-state index contributed by atoms with van der Waals surface area (Å²) in [6, 6.07) is 3.43. The first-order chi connectivity index (χ1) is 7.50. The smallest absolute Gasteiger partial charge is 0.194 e. The first-order valence-electron chi connectivity index (χ1n) is 4.39. The molecule has 1 aromatic rings. The molecular weight excluding hydrogens is 252 g/mol. The summed E-state index contributed by atoms with van der Waals surface area (Å²) in [5, 5.41) is 0. The summed E-state index contributed by atoms with van der Waals surface area (Å²) >= 11 is 0. The van der Waals surface area contributed by atoms with Crippen LogP contribution < -0.4 is 5.46 Å². The Morgan fingerprint density at radius 3 is 1.82 bits per heavy atom. The number of benzene rings is 1. The van der Waals surface area contributed by atoms with Crippen LogP contribution in [0.5, 0.6) is 0 Å². The molecule has 1 rings (SSSR count). The minimum atomic E-state index is -6.31. The van der Waals surface area contributed by atoms with E-state index in [2.05, 4.69) is 0 Å². The number of rotatable bonds is 2. The Balaban J connectivity index is 3.28. The van der Waals surface area contributed by atoms with E-state index in [1.54, 1.807) is 0 Å². The van der Waals surface area contributed by atoms with Gasteiger partial charge in [0.2, 0.25) is 0 Å². The van der Waals surface area contributed by atoms with Crippen molar-refractivity contribution in [1.29, 1.82) is 0 Å². The van der Waals surface area contributed by atoms with Crippen molar-refractivity contribution >= 4 is 13.3 Å². The lowest BCUT2D eigenvalue weighted by molar-refractivity contribution is -0.359. The van der Waals surface area contributed by atoms with E-state index in [4.69, 9.17) is 0 Å². The predicted octanol–water partition coefficient (Wildman–Crippen LogP) is 2.23. The SMILES string of the molecule is Bc1cccc(C(F)(F)C(F)(F)C(F)(F)F)c1. The van der Waals surface area contributed by atoms with Gasteiger partial charge in [0.25, 0.3) is 0 Å². The van der Waals surface area contributed by atoms with Crippen molar-refractivity contribution in [2.45, 2.75) is 18.0 Å². The quantitative estimate of drug-likeness (QED) is 0.563. The van der Waals surface area contributed by atoms with Gasteiger partial charge in [0, 0.05) is 5.56 Å². The van der Waals surface area contributed by atoms with E-state index in [9.17, 15) is 30.7 Å². The van der Waals surface area contributed by atoms with Gasteiger partial charge in [-0.15, -0.1) is 0 Å². The molecule has 0 atom stereocenters. The fourth-order valence-electron chi connectivity index (χ4n) is 1.20. The Labute approximate surface area is 92.8 Å². The molecular formula is C9H6BF7. The van der Waals surface area contributed by atoms with Crippen molar-refractivity contribution in [2.24, 2.45) is 0 Å². The van der Waals surface area contributed by atoms with Crippen molar-refractivity contribution in [3.63, 3.8) is 0 Å². The topological polar surface area (TPSA) is 0 Å². The lowest BCUT2D eigenvalue weighted by atomic mass is 9.91. The van der Waals surface area contributed by atoms with Crippen LogP contribution in [0.25, 0.3) is 0 Å². The molecule has 0 nitrogen and oxygen atoms in total. The molecule has 0 aliphatic rings. The van der Waals surface area contributed by atoms with Crippen LogP contribution in [0.4, 0.5) is 30.7 Å². The van der Waals surface area contributed by atoms with Crippen LogP contribution >= 0.6 is 0 Å². The van der Waals surface area contributed by atoms with Crippen LogP contribution in [0.15, 0.2) is 24.3 Å². The van der Waals surface area contributed by atoms with Crippen molar-refractivity contribution in [1.82, 2.24) is 0 Å². The van der Waals surface area contributed by atoms with Crippen molar-refractivity contribution in [3.05, 3.63) is 29.8 Å². The van der Waals surface area contributed by atoms with E-state index in [1.165, 1.54) is 13.9 Å². The lowest BCUT2D eigenvalue weighted by Crippen LogP contribution is -2.50. The summed E-state index contributed by atoms with van der Waals surface area (Å²) in [7, 11) is 1.31. The van der Waals surface area contributed by atoms with Gasteiger partial charge >= 0.3 is 18.0 Å². The second kappa shape index (κ2) is 3.92. The molecule has 94 valence electrons. The van der Waals surface area contributed by atoms with E-state index < -0.39 is 23.6 Å². The average Bonchev–Trinajstić information content (AvgIpc) is 2.15. The molecule has 0 amide bonds. The summed E-state index contributed by atoms with van der Waals surface area (Å²) in [6.07, 6.45) is -6.31. The van der Waals surface area contributed by atoms with E-state index in [0.717, 1.165) is 6.07 Å². The molecule has 0 unspecified atom stereocenters. The minimum Gasteiger partial charge on any atom is -0.194 e. The van der Waals surface area contributed by atoms with Gasteiger partial charge < -0.3 is 0 Å². The summed E-state index contributed by atoms with van der Waals surface area (Å²) < 4.78 is 87.2. The number of hydrogen-bond donors (Lipinski definition) is 0. The van der Waals surface area contributed by atoms with Crippen LogP contribution in [-0.4, -0.2) is 19.9 Å². The summed E-state index contributed by atoms with van der Waals surface area (Å²) in [4.78, 5) is 0. The molecule has 0 saturated carbocycles. The van der Waals surface area contributed by atoms with E-state index in [-0.39, 0.29) is 5.46 Å². The van der Waals surface area contributed by atoms with Gasteiger partial charge in [-0.3, -0.25) is 0 Å². The van der Waals surface area contributed by atoms with Crippen molar-refractivity contribution in [2.75, 3.05) is 0 Å². The highest BCUT2D eigenvalue weighted by molar-refractivity contribution is 6.32. The molecule has 1 aromatic carbocycles. The van der Waals surface area contributed by atoms with Gasteiger partial charge in [-0.2, -0.15) is 30.7 Å². The molecule has 17 heavy (non-hydrogen) atoms. The third-order valence-electron chi connectivity index (χ3n) is 2.13. The fourth-order valence-corrected chi connectivity index (χ4v) is 1.20. The zero-order valence-electron chi connectivity index (χ0n) is 8.46. The third-order valence-corrected chi connectivity index (χ3v) is 2.13. The Hall–Kier alpha value is -1.21. The Kier molecular flexibility index (Phi) is 3.20. The maximum absolute atomic E-state index is 13.1. The van der Waals surface area contributed by atoms with Crippen LogP contribution in [0.2, 0.25) is 0 Å². The van der Waals surface area contributed by atoms with Crippen molar-refractivity contribution < 1.29 is 30.7 Å². The summed E-state index contributed by atoms with van der Waals surface area (Å²) in [6.45, 7) is 0. The fraction of sp³-hybridized carbons (Fsp3) is 0.333. The molecule has 0 spiro atoms. The zero-order valence-corrected chi connectivity index (χ0v) is 8.46. The van der Waals surface area contributed by atoms with Gasteiger partial charge in [-0.25, -0.2) is 0 Å². The second-order valence-electron chi connectivity index (χ2n) is 3.52. The zero-order chi connectivity index (χ0) is 13.5. The first kappa shape index (κ1) is 13.9. The predicted molar refractivity (Wildman–Crippen MR) is 49.5 cm³/mol. The van der Waals surface area contributed by atoms with Crippen LogP contribution in [-0.2, 0) is 5.92 Å². The monoisotopic (exact) mass is 258 g/mol. The first-order valence-corrected chi connectivity index (χ1v) is 4.39. The highest BCUT2D eigenvalue weighted by Crippen LogP contribution is 2.51. The van der Waals surface area contributed by atoms with Crippen LogP contribution in [0, 0.1) is 0 Å². The second-order valence-corrected chi connectivity index (χ2v) is 3.52. The molecule has 0 saturated heterocycles. The molecule has 0 heterocycles. The summed E-state index contributed by atoms with van der Waals surface area (Å²) in [5.74, 6) is -11.4. The highest BCUT2D eigenvalue weighted by Gasteiger charge is 2.73. The number of alkyl halides is 7. The molecule has 0 fully saturated rings. The number of hydrogen-bond acceptors (Lipinski definition) is 0. The van der Waals surface area contributed by atoms with Crippen LogP contribution in [0.3, 0.4) is 0 Å². The molecule has 0 aliphatic heterocycles. The van der Waals surface area contributed by atoms with E-state index >= 15 is 0 Å². The Morgan fingerprint density at radius 2 is 1.41 bits per heavy atom. The van der Waals surface area contributed by atoms with E-state index in [1.807, 2.05) is 0 Å². The average molecular weight is 258 g/mol. The van der Waals surface area contributed by atoms with E-state index in [0.29, 0.717) is 12.1 Å². The number of halogens is 7. The van der Waals surface area contributed by atoms with Gasteiger partial charge in [-0.1, -0.05) is 29.7 Å². The maximum atomic E-state index is 13.1. The normalized spacial score (nSPS) is 13.8. The minimum absolute atomic E-state index is 0.167. The third kappa shape index (κ3) is 2.25. The molecule has 0 bridgehead atoms. The Morgan fingerprint density at radius 1 is 0.882 bits per heavy atom. The molecule has 0 aliphatic carbocycles. The molecule has 8 heteroatoms. The molecule has 0 N–H and O–H groups in total. The molecule has 0 radical (unpaired) electrons. The van der Waals surface area contributed by atoms with Gasteiger partial charge in [0.15, 0.2) is 0 Å². The Bertz CT molecular complexity index is 410. The highest BCUT2D eigenvalue weighted by atomic mass is 19.4. The van der Waals surface area contributed by atoms with Crippen LogP contribution in [0.1, 0.15) is 5.56 Å². The standard InChI is InChI=1S/C9H6BF7/c10-6-3-1-2-5(4-6)7(11,12)8(13,14)9(15,16)17/h1-4H,10H2. The lowest BCUT2D eigenvalue weighted by Gasteiger charge is -2.28. The molecule has 0 aromatic heterocycles. The van der Waals surface area contributed by atoms with Gasteiger partial charge in [0.1, 0.15) is 7.85 Å². The summed E-state index contributed by atoms with van der Waals surface area (Å²) in [5.41, 5.74) is -1.19. The maximum Gasteiger partial charge on any atom is 0.460 e. The van der Waals surface area contributed by atoms with Gasteiger partial charge in [0.05, 0.1) is 0 Å². The van der Waals surface area contributed by atoms with Gasteiger partial charge in [-0.05, 0) is 0 Å². The largest absolute Gasteiger partial charge is 0.460 e. The van der Waals surface area contributed by atoms with Crippen molar-refractivity contribution in [3.8, 4) is 0 Å².